The molecule has 0 aliphatic heterocycles. The van der Waals surface area contributed by atoms with E-state index in [2.05, 4.69) is 34.6 Å². The van der Waals surface area contributed by atoms with E-state index >= 15 is 0 Å². The second kappa shape index (κ2) is 6.41. The Morgan fingerprint density at radius 1 is 1.21 bits per heavy atom. The predicted molar refractivity (Wildman–Crippen MR) is 60.4 cm³/mol. The van der Waals surface area contributed by atoms with Crippen molar-refractivity contribution in [1.29, 1.82) is 0 Å². The predicted octanol–water partition coefficient (Wildman–Crippen LogP) is 2.85. The summed E-state index contributed by atoms with van der Waals surface area (Å²) in [5, 5.41) is 9.15. The van der Waals surface area contributed by atoms with Crippen molar-refractivity contribution in [3.05, 3.63) is 0 Å². The molecular formula is C12H26O2. The van der Waals surface area contributed by atoms with Crippen LogP contribution in [-0.2, 0) is 4.74 Å². The molecule has 0 aromatic rings. The molecule has 86 valence electrons. The monoisotopic (exact) mass is 202 g/mol. The van der Waals surface area contributed by atoms with Gasteiger partial charge in [-0.25, -0.2) is 0 Å². The zero-order chi connectivity index (χ0) is 11.2. The first-order valence-electron chi connectivity index (χ1n) is 5.60. The van der Waals surface area contributed by atoms with E-state index in [1.165, 1.54) is 0 Å². The lowest BCUT2D eigenvalue weighted by Crippen LogP contribution is -2.22. The molecule has 2 nitrogen and oxygen atoms in total. The highest BCUT2D eigenvalue weighted by Gasteiger charge is 2.13. The van der Waals surface area contributed by atoms with Crippen molar-refractivity contribution in [1.82, 2.24) is 0 Å². The summed E-state index contributed by atoms with van der Waals surface area (Å²) in [6, 6.07) is 0. The largest absolute Gasteiger partial charge is 0.396 e. The molecule has 0 spiro atoms. The van der Waals surface area contributed by atoms with Gasteiger partial charge in [-0.3, -0.25) is 0 Å². The molecule has 0 radical (unpaired) electrons. The molecule has 0 amide bonds. The van der Waals surface area contributed by atoms with Crippen molar-refractivity contribution in [2.24, 2.45) is 11.8 Å². The van der Waals surface area contributed by atoms with E-state index < -0.39 is 0 Å². The van der Waals surface area contributed by atoms with Gasteiger partial charge >= 0.3 is 0 Å². The van der Waals surface area contributed by atoms with E-state index in [-0.39, 0.29) is 12.2 Å². The molecule has 1 unspecified atom stereocenters. The van der Waals surface area contributed by atoms with Crippen LogP contribution in [0.2, 0.25) is 0 Å². The summed E-state index contributed by atoms with van der Waals surface area (Å²) >= 11 is 0. The molecule has 0 aliphatic rings. The molecule has 0 heterocycles. The number of hydrogen-bond acceptors (Lipinski definition) is 2. The molecule has 1 N–H and O–H groups in total. The summed E-state index contributed by atoms with van der Waals surface area (Å²) in [6.07, 6.45) is 2.05. The molecule has 2 heteroatoms. The van der Waals surface area contributed by atoms with Crippen LogP contribution in [0.15, 0.2) is 0 Å². The quantitative estimate of drug-likeness (QED) is 0.717. The fourth-order valence-electron chi connectivity index (χ4n) is 1.48. The maximum absolute atomic E-state index is 9.15. The Bertz CT molecular complexity index is 136. The van der Waals surface area contributed by atoms with Crippen molar-refractivity contribution >= 4 is 0 Å². The molecule has 0 saturated carbocycles. The van der Waals surface area contributed by atoms with Gasteiger partial charge in [0.05, 0.1) is 5.60 Å². The first-order chi connectivity index (χ1) is 6.35. The summed E-state index contributed by atoms with van der Waals surface area (Å²) in [4.78, 5) is 0. The lowest BCUT2D eigenvalue weighted by atomic mass is 9.95. The third-order valence-corrected chi connectivity index (χ3v) is 2.12. The smallest absolute Gasteiger partial charge is 0.0598 e. The maximum atomic E-state index is 9.15. The Labute approximate surface area is 88.7 Å². The van der Waals surface area contributed by atoms with Crippen LogP contribution in [0, 0.1) is 11.8 Å². The van der Waals surface area contributed by atoms with E-state index in [1.807, 2.05) is 0 Å². The third-order valence-electron chi connectivity index (χ3n) is 2.12. The second-order valence-electron chi connectivity index (χ2n) is 5.43. The summed E-state index contributed by atoms with van der Waals surface area (Å²) < 4.78 is 5.63. The molecular weight excluding hydrogens is 176 g/mol. The minimum Gasteiger partial charge on any atom is -0.396 e. The van der Waals surface area contributed by atoms with Gasteiger partial charge in [-0.2, -0.15) is 0 Å². The maximum Gasteiger partial charge on any atom is 0.0598 e. The van der Waals surface area contributed by atoms with E-state index in [4.69, 9.17) is 9.84 Å². The fourth-order valence-corrected chi connectivity index (χ4v) is 1.48. The number of aliphatic hydroxyl groups excluding tert-OH is 1. The van der Waals surface area contributed by atoms with Gasteiger partial charge in [0.15, 0.2) is 0 Å². The topological polar surface area (TPSA) is 29.5 Å². The fraction of sp³-hybridized carbons (Fsp3) is 1.00. The molecule has 14 heavy (non-hydrogen) atoms. The zero-order valence-electron chi connectivity index (χ0n) is 10.3. The molecule has 0 rings (SSSR count). The van der Waals surface area contributed by atoms with Crippen LogP contribution in [-0.4, -0.2) is 23.9 Å². The normalized spacial score (nSPS) is 14.8. The molecule has 0 aliphatic carbocycles. The average Bonchev–Trinajstić information content (AvgIpc) is 1.99. The van der Waals surface area contributed by atoms with Crippen LogP contribution in [0.4, 0.5) is 0 Å². The van der Waals surface area contributed by atoms with E-state index in [0.717, 1.165) is 19.4 Å². The summed E-state index contributed by atoms with van der Waals surface area (Å²) in [5.74, 6) is 1.05. The van der Waals surface area contributed by atoms with Gasteiger partial charge in [0, 0.05) is 13.2 Å². The highest BCUT2D eigenvalue weighted by molar-refractivity contribution is 4.63. The Morgan fingerprint density at radius 2 is 1.79 bits per heavy atom. The van der Waals surface area contributed by atoms with Gasteiger partial charge < -0.3 is 9.84 Å². The van der Waals surface area contributed by atoms with Crippen LogP contribution in [0.1, 0.15) is 47.5 Å². The van der Waals surface area contributed by atoms with Crippen LogP contribution < -0.4 is 0 Å². The number of rotatable bonds is 6. The van der Waals surface area contributed by atoms with Crippen LogP contribution in [0.3, 0.4) is 0 Å². The number of hydrogen-bond donors (Lipinski definition) is 1. The van der Waals surface area contributed by atoms with Crippen molar-refractivity contribution in [2.45, 2.75) is 53.1 Å². The Morgan fingerprint density at radius 3 is 2.14 bits per heavy atom. The first-order valence-corrected chi connectivity index (χ1v) is 5.60. The van der Waals surface area contributed by atoms with Gasteiger partial charge in [-0.05, 0) is 45.4 Å². The highest BCUT2D eigenvalue weighted by atomic mass is 16.5. The van der Waals surface area contributed by atoms with Gasteiger partial charge in [0.2, 0.25) is 0 Å². The van der Waals surface area contributed by atoms with Gasteiger partial charge in [0.1, 0.15) is 0 Å². The lowest BCUT2D eigenvalue weighted by molar-refractivity contribution is -0.0133. The van der Waals surface area contributed by atoms with Crippen molar-refractivity contribution in [2.75, 3.05) is 13.2 Å². The van der Waals surface area contributed by atoms with Crippen molar-refractivity contribution < 1.29 is 9.84 Å². The molecule has 0 bridgehead atoms. The standard InChI is InChI=1S/C12H26O2/c1-10(2)8-11(9-13)6-7-14-12(3,4)5/h10-11,13H,6-9H2,1-5H3. The number of aliphatic hydroxyl groups is 1. The van der Waals surface area contributed by atoms with Crippen molar-refractivity contribution in [3.63, 3.8) is 0 Å². The molecule has 0 fully saturated rings. The molecule has 0 aromatic carbocycles. The Hall–Kier alpha value is -0.0800. The number of ether oxygens (including phenoxy) is 1. The minimum absolute atomic E-state index is 0.0577. The van der Waals surface area contributed by atoms with Crippen LogP contribution in [0.25, 0.3) is 0 Å². The van der Waals surface area contributed by atoms with Crippen LogP contribution >= 0.6 is 0 Å². The van der Waals surface area contributed by atoms with E-state index in [0.29, 0.717) is 11.8 Å². The van der Waals surface area contributed by atoms with Crippen LogP contribution in [0.5, 0.6) is 0 Å². The minimum atomic E-state index is -0.0577. The van der Waals surface area contributed by atoms with Gasteiger partial charge in [0.25, 0.3) is 0 Å². The Kier molecular flexibility index (Phi) is 6.38. The summed E-state index contributed by atoms with van der Waals surface area (Å²) in [5.41, 5.74) is -0.0577. The molecule has 0 aromatic heterocycles. The van der Waals surface area contributed by atoms with E-state index in [9.17, 15) is 0 Å². The summed E-state index contributed by atoms with van der Waals surface area (Å²) in [6.45, 7) is 11.6. The molecule has 0 saturated heterocycles. The second-order valence-corrected chi connectivity index (χ2v) is 5.43. The zero-order valence-corrected chi connectivity index (χ0v) is 10.3. The summed E-state index contributed by atoms with van der Waals surface area (Å²) in [7, 11) is 0. The van der Waals surface area contributed by atoms with Crippen molar-refractivity contribution in [3.8, 4) is 0 Å². The third kappa shape index (κ3) is 8.52. The first kappa shape index (κ1) is 13.9. The van der Waals surface area contributed by atoms with E-state index in [1.54, 1.807) is 0 Å². The lowest BCUT2D eigenvalue weighted by Gasteiger charge is -2.22. The SMILES string of the molecule is CC(C)CC(CO)CCOC(C)(C)C. The van der Waals surface area contributed by atoms with Gasteiger partial charge in [-0.15, -0.1) is 0 Å². The highest BCUT2D eigenvalue weighted by Crippen LogP contribution is 2.16. The Balaban J connectivity index is 3.63. The average molecular weight is 202 g/mol. The van der Waals surface area contributed by atoms with Gasteiger partial charge in [-0.1, -0.05) is 13.8 Å². The molecule has 1 atom stereocenters.